The summed E-state index contributed by atoms with van der Waals surface area (Å²) >= 11 is 2.12. The van der Waals surface area contributed by atoms with E-state index in [1.54, 1.807) is 0 Å². The summed E-state index contributed by atoms with van der Waals surface area (Å²) < 4.78 is 6.56. The molecular weight excluding hydrogens is 437 g/mol. The molecule has 0 N–H and O–H groups in total. The van der Waals surface area contributed by atoms with E-state index in [4.69, 9.17) is 4.74 Å². The van der Waals surface area contributed by atoms with Gasteiger partial charge in [0, 0.05) is 5.92 Å². The summed E-state index contributed by atoms with van der Waals surface area (Å²) in [6.45, 7) is 4.84. The van der Waals surface area contributed by atoms with Crippen LogP contribution in [0.4, 0.5) is 0 Å². The predicted molar refractivity (Wildman–Crippen MR) is 110 cm³/mol. The van der Waals surface area contributed by atoms with Crippen LogP contribution in [0.15, 0.2) is 0 Å². The zero-order valence-electron chi connectivity index (χ0n) is 16.2. The normalized spacial score (nSPS) is 50.1. The number of hydrogen-bond donors (Lipinski definition) is 0. The Bertz CT molecular complexity index is 616. The van der Waals surface area contributed by atoms with Crippen molar-refractivity contribution in [2.75, 3.05) is 4.43 Å². The fourth-order valence-electron chi connectivity index (χ4n) is 7.91. The number of esters is 1. The molecule has 0 heterocycles. The Balaban J connectivity index is 1.72. The van der Waals surface area contributed by atoms with E-state index in [0.29, 0.717) is 27.6 Å². The number of rotatable bonds is 2. The third-order valence-electron chi connectivity index (χ3n) is 9.04. The van der Waals surface area contributed by atoms with Crippen LogP contribution >= 0.6 is 22.6 Å². The van der Waals surface area contributed by atoms with Crippen LogP contribution in [0.25, 0.3) is 0 Å². The Morgan fingerprint density at radius 3 is 2.69 bits per heavy atom. The second-order valence-corrected chi connectivity index (χ2v) is 10.7. The first-order valence-corrected chi connectivity index (χ1v) is 12.1. The highest BCUT2D eigenvalue weighted by Gasteiger charge is 2.63. The number of hydrogen-bond acceptors (Lipinski definition) is 3. The van der Waals surface area contributed by atoms with Gasteiger partial charge < -0.3 is 4.74 Å². The lowest BCUT2D eigenvalue weighted by atomic mass is 9.44. The van der Waals surface area contributed by atoms with Crippen LogP contribution in [-0.4, -0.2) is 16.5 Å². The third kappa shape index (κ3) is 2.74. The van der Waals surface area contributed by atoms with Gasteiger partial charge in [0.15, 0.2) is 0 Å². The van der Waals surface area contributed by atoms with E-state index in [0.717, 1.165) is 18.8 Å². The number of alkyl halides is 1. The molecule has 3 nitrogen and oxygen atoms in total. The van der Waals surface area contributed by atoms with Crippen LogP contribution in [0, 0.1) is 51.8 Å². The number of nitriles is 1. The van der Waals surface area contributed by atoms with Crippen molar-refractivity contribution in [3.63, 3.8) is 0 Å². The fourth-order valence-corrected chi connectivity index (χ4v) is 8.09. The lowest BCUT2D eigenvalue weighted by Crippen LogP contribution is -2.59. The summed E-state index contributed by atoms with van der Waals surface area (Å²) in [5.41, 5.74) is 0.355. The van der Waals surface area contributed by atoms with Gasteiger partial charge in [-0.15, -0.1) is 0 Å². The quantitative estimate of drug-likeness (QED) is 0.304. The van der Waals surface area contributed by atoms with Crippen molar-refractivity contribution in [1.29, 1.82) is 5.26 Å². The molecule has 4 saturated carbocycles. The van der Waals surface area contributed by atoms with E-state index in [1.807, 2.05) is 0 Å². The van der Waals surface area contributed by atoms with Crippen LogP contribution in [-0.2, 0) is 9.53 Å². The summed E-state index contributed by atoms with van der Waals surface area (Å²) in [6, 6.07) is 2.61. The molecule has 26 heavy (non-hydrogen) atoms. The van der Waals surface area contributed by atoms with E-state index < -0.39 is 0 Å². The maximum atomic E-state index is 12.3. The standard InChI is InChI=1S/C22H32INO2/c1-21-10-4-3-5-14(21)6-8-16-17-9-7-15(13-24)22(17,2)11-18(20(16)21)26-19(25)12-23/h14-18,20H,3-12H2,1-2H3/t14?,15?,16-,17-,18?,20-,21-,22+/m0/s1. The fraction of sp³-hybridized carbons (Fsp3) is 0.909. The molecule has 0 spiro atoms. The molecule has 0 bridgehead atoms. The average molecular weight is 469 g/mol. The first-order valence-electron chi connectivity index (χ1n) is 10.6. The van der Waals surface area contributed by atoms with Gasteiger partial charge in [-0.25, -0.2) is 0 Å². The van der Waals surface area contributed by atoms with E-state index in [-0.39, 0.29) is 23.4 Å². The first-order chi connectivity index (χ1) is 12.4. The maximum Gasteiger partial charge on any atom is 0.316 e. The van der Waals surface area contributed by atoms with Crippen LogP contribution < -0.4 is 0 Å². The van der Waals surface area contributed by atoms with Crippen molar-refractivity contribution in [2.24, 2.45) is 40.4 Å². The number of carbonyl (C=O) groups excluding carboxylic acids is 1. The minimum atomic E-state index is -0.0653. The van der Waals surface area contributed by atoms with Crippen molar-refractivity contribution in [2.45, 2.75) is 77.7 Å². The number of nitrogens with zero attached hydrogens (tertiary/aromatic N) is 1. The van der Waals surface area contributed by atoms with Crippen LogP contribution in [0.3, 0.4) is 0 Å². The predicted octanol–water partition coefficient (Wildman–Crippen LogP) is 5.52. The molecule has 0 amide bonds. The number of ether oxygens (including phenoxy) is 1. The molecule has 0 aliphatic heterocycles. The van der Waals surface area contributed by atoms with Crippen LogP contribution in [0.2, 0.25) is 0 Å². The Labute approximate surface area is 171 Å². The maximum absolute atomic E-state index is 12.3. The summed E-state index contributed by atoms with van der Waals surface area (Å²) in [4.78, 5) is 12.3. The summed E-state index contributed by atoms with van der Waals surface area (Å²) in [7, 11) is 0. The van der Waals surface area contributed by atoms with E-state index in [1.165, 1.54) is 44.9 Å². The molecule has 4 heteroatoms. The lowest BCUT2D eigenvalue weighted by Gasteiger charge is -2.62. The molecule has 4 rings (SSSR count). The Kier molecular flexibility index (Phi) is 5.08. The Morgan fingerprint density at radius 2 is 1.96 bits per heavy atom. The zero-order chi connectivity index (χ0) is 18.5. The van der Waals surface area contributed by atoms with Crippen molar-refractivity contribution in [1.82, 2.24) is 0 Å². The van der Waals surface area contributed by atoms with Gasteiger partial charge in [0.2, 0.25) is 0 Å². The summed E-state index contributed by atoms with van der Waals surface area (Å²) in [5, 5.41) is 9.76. The molecule has 144 valence electrons. The monoisotopic (exact) mass is 469 g/mol. The number of fused-ring (bicyclic) bond motifs is 5. The molecule has 0 aromatic rings. The first kappa shape index (κ1) is 19.0. The highest BCUT2D eigenvalue weighted by atomic mass is 127. The molecule has 4 aliphatic rings. The molecule has 3 unspecified atom stereocenters. The molecule has 0 radical (unpaired) electrons. The second-order valence-electron chi connectivity index (χ2n) is 9.95. The Hall–Kier alpha value is -0.310. The molecule has 4 fully saturated rings. The minimum absolute atomic E-state index is 0.0170. The SMILES string of the molecule is C[C@]12CCCCC1CC[C@@H]1[C@H]2C(OC(=O)CI)C[C@]2(C)C(C#N)CC[C@@H]12. The van der Waals surface area contributed by atoms with E-state index in [2.05, 4.69) is 42.5 Å². The van der Waals surface area contributed by atoms with Gasteiger partial charge in [0.25, 0.3) is 0 Å². The van der Waals surface area contributed by atoms with E-state index >= 15 is 0 Å². The molecular formula is C22H32INO2. The lowest BCUT2D eigenvalue weighted by molar-refractivity contribution is -0.190. The zero-order valence-corrected chi connectivity index (χ0v) is 18.3. The number of carbonyl (C=O) groups is 1. The smallest absolute Gasteiger partial charge is 0.316 e. The largest absolute Gasteiger partial charge is 0.461 e. The second kappa shape index (κ2) is 6.94. The number of halogens is 1. The van der Waals surface area contributed by atoms with Gasteiger partial charge >= 0.3 is 5.97 Å². The molecule has 0 aromatic carbocycles. The van der Waals surface area contributed by atoms with Gasteiger partial charge in [-0.3, -0.25) is 4.79 Å². The average Bonchev–Trinajstić information content (AvgIpc) is 2.96. The highest BCUT2D eigenvalue weighted by Crippen LogP contribution is 2.67. The minimum Gasteiger partial charge on any atom is -0.461 e. The Morgan fingerprint density at radius 1 is 1.15 bits per heavy atom. The third-order valence-corrected chi connectivity index (χ3v) is 9.66. The van der Waals surface area contributed by atoms with Gasteiger partial charge in [0.1, 0.15) is 6.10 Å². The molecule has 0 aromatic heterocycles. The van der Waals surface area contributed by atoms with Crippen LogP contribution in [0.5, 0.6) is 0 Å². The van der Waals surface area contributed by atoms with E-state index in [9.17, 15) is 10.1 Å². The van der Waals surface area contributed by atoms with Gasteiger partial charge in [-0.1, -0.05) is 49.3 Å². The van der Waals surface area contributed by atoms with Crippen molar-refractivity contribution in [3.05, 3.63) is 0 Å². The van der Waals surface area contributed by atoms with Gasteiger partial charge in [-0.05, 0) is 73.5 Å². The molecule has 0 saturated heterocycles. The van der Waals surface area contributed by atoms with Crippen LogP contribution in [0.1, 0.15) is 71.6 Å². The van der Waals surface area contributed by atoms with Crippen molar-refractivity contribution in [3.8, 4) is 6.07 Å². The van der Waals surface area contributed by atoms with Gasteiger partial charge in [-0.2, -0.15) is 5.26 Å². The topological polar surface area (TPSA) is 50.1 Å². The van der Waals surface area contributed by atoms with Crippen molar-refractivity contribution >= 4 is 28.6 Å². The molecule has 8 atom stereocenters. The molecule has 4 aliphatic carbocycles. The van der Waals surface area contributed by atoms with Crippen molar-refractivity contribution < 1.29 is 9.53 Å². The summed E-state index contributed by atoms with van der Waals surface area (Å²) in [6.07, 6.45) is 11.1. The highest BCUT2D eigenvalue weighted by molar-refractivity contribution is 14.1. The summed E-state index contributed by atoms with van der Waals surface area (Å²) in [5.74, 6) is 2.65. The van der Waals surface area contributed by atoms with Gasteiger partial charge in [0.05, 0.1) is 16.4 Å².